The van der Waals surface area contributed by atoms with Crippen LogP contribution in [0.25, 0.3) is 0 Å². The number of methoxy groups -OCH3 is 1. The molecule has 0 spiro atoms. The van der Waals surface area contributed by atoms with E-state index in [-0.39, 0.29) is 5.91 Å². The molecule has 0 heterocycles. The van der Waals surface area contributed by atoms with E-state index in [0.717, 1.165) is 22.7 Å². The van der Waals surface area contributed by atoms with Crippen molar-refractivity contribution in [1.29, 1.82) is 0 Å². The summed E-state index contributed by atoms with van der Waals surface area (Å²) in [7, 11) is 1.63. The van der Waals surface area contributed by atoms with Gasteiger partial charge in [-0.3, -0.25) is 4.79 Å². The van der Waals surface area contributed by atoms with Crippen LogP contribution in [0.15, 0.2) is 78.9 Å². The van der Waals surface area contributed by atoms with Crippen LogP contribution in [0.5, 0.6) is 17.2 Å². The molecule has 0 fully saturated rings. The molecule has 0 radical (unpaired) electrons. The first-order valence-electron chi connectivity index (χ1n) is 8.41. The molecule has 4 heteroatoms. The first-order chi connectivity index (χ1) is 12.7. The van der Waals surface area contributed by atoms with E-state index in [1.807, 2.05) is 78.9 Å². The van der Waals surface area contributed by atoms with Crippen LogP contribution < -0.4 is 14.4 Å². The molecule has 0 aliphatic carbocycles. The maximum atomic E-state index is 12.4. The second-order valence-electron chi connectivity index (χ2n) is 5.80. The summed E-state index contributed by atoms with van der Waals surface area (Å²) in [5, 5.41) is 0. The van der Waals surface area contributed by atoms with Gasteiger partial charge in [-0.15, -0.1) is 0 Å². The highest BCUT2D eigenvalue weighted by Crippen LogP contribution is 2.34. The van der Waals surface area contributed by atoms with Crippen molar-refractivity contribution in [1.82, 2.24) is 0 Å². The maximum Gasteiger partial charge on any atom is 0.224 e. The van der Waals surface area contributed by atoms with Gasteiger partial charge in [0.2, 0.25) is 5.91 Å². The van der Waals surface area contributed by atoms with Crippen molar-refractivity contribution in [2.24, 2.45) is 0 Å². The predicted octanol–water partition coefficient (Wildman–Crippen LogP) is 5.04. The summed E-state index contributed by atoms with van der Waals surface area (Å²) in [6, 6.07) is 24.7. The van der Waals surface area contributed by atoms with Crippen molar-refractivity contribution < 1.29 is 14.3 Å². The number of nitrogens with zero attached hydrogens (tertiary/aromatic N) is 1. The Balaban J connectivity index is 1.95. The summed E-state index contributed by atoms with van der Waals surface area (Å²) in [5.41, 5.74) is 1.65. The summed E-state index contributed by atoms with van der Waals surface area (Å²) in [6.07, 6.45) is 0. The fourth-order valence-corrected chi connectivity index (χ4v) is 2.75. The van der Waals surface area contributed by atoms with E-state index in [1.54, 1.807) is 18.9 Å². The highest BCUT2D eigenvalue weighted by atomic mass is 16.5. The quantitative estimate of drug-likeness (QED) is 0.627. The van der Waals surface area contributed by atoms with E-state index >= 15 is 0 Å². The summed E-state index contributed by atoms with van der Waals surface area (Å²) < 4.78 is 11.4. The van der Waals surface area contributed by atoms with Crippen molar-refractivity contribution in [3.8, 4) is 17.2 Å². The number of hydrogen-bond acceptors (Lipinski definition) is 3. The fraction of sp³-hybridized carbons (Fsp3) is 0.136. The summed E-state index contributed by atoms with van der Waals surface area (Å²) >= 11 is 0. The molecule has 0 aromatic heterocycles. The molecule has 3 aromatic rings. The van der Waals surface area contributed by atoms with E-state index in [4.69, 9.17) is 9.47 Å². The van der Waals surface area contributed by atoms with Gasteiger partial charge in [0.05, 0.1) is 19.3 Å². The lowest BCUT2D eigenvalue weighted by atomic mass is 10.1. The molecule has 1 amide bonds. The number of benzene rings is 3. The standard InChI is InChI=1S/C22H21NO3/c1-17(24)23(16-18-10-6-8-14-21(18)25-2)20-13-7-9-15-22(20)26-19-11-4-3-5-12-19/h3-15H,16H2,1-2H3/i2-1. The first-order valence-corrected chi connectivity index (χ1v) is 8.41. The van der Waals surface area contributed by atoms with Crippen molar-refractivity contribution in [2.45, 2.75) is 13.5 Å². The molecule has 0 aliphatic heterocycles. The zero-order valence-electron chi connectivity index (χ0n) is 14.9. The van der Waals surface area contributed by atoms with E-state index in [2.05, 4.69) is 0 Å². The average Bonchev–Trinajstić information content (AvgIpc) is 2.67. The highest BCUT2D eigenvalue weighted by molar-refractivity contribution is 5.93. The van der Waals surface area contributed by atoms with E-state index in [0.29, 0.717) is 12.3 Å². The molecule has 0 aliphatic rings. The molecule has 0 saturated heterocycles. The molecular weight excluding hydrogens is 325 g/mol. The molecule has 0 N–H and O–H groups in total. The molecular formula is C22H21NO3. The van der Waals surface area contributed by atoms with Gasteiger partial charge in [0.25, 0.3) is 0 Å². The number of carbonyl (C=O) groups excluding carboxylic acids is 1. The Morgan fingerprint density at radius 3 is 2.15 bits per heavy atom. The molecule has 0 bridgehead atoms. The second-order valence-corrected chi connectivity index (χ2v) is 5.80. The molecule has 26 heavy (non-hydrogen) atoms. The predicted molar refractivity (Wildman–Crippen MR) is 103 cm³/mol. The molecule has 0 saturated carbocycles. The zero-order chi connectivity index (χ0) is 18.4. The lowest BCUT2D eigenvalue weighted by Gasteiger charge is -2.24. The van der Waals surface area contributed by atoms with Crippen molar-refractivity contribution in [2.75, 3.05) is 12.0 Å². The average molecular weight is 346 g/mol. The zero-order valence-corrected chi connectivity index (χ0v) is 14.9. The van der Waals surface area contributed by atoms with Crippen LogP contribution in [-0.4, -0.2) is 13.0 Å². The smallest absolute Gasteiger partial charge is 0.224 e. The molecule has 0 unspecified atom stereocenters. The van der Waals surface area contributed by atoms with Gasteiger partial charge in [0, 0.05) is 12.5 Å². The summed E-state index contributed by atoms with van der Waals surface area (Å²) in [5.74, 6) is 2.03. The number of rotatable bonds is 6. The topological polar surface area (TPSA) is 38.8 Å². The van der Waals surface area contributed by atoms with Gasteiger partial charge >= 0.3 is 0 Å². The summed E-state index contributed by atoms with van der Waals surface area (Å²) in [4.78, 5) is 14.1. The van der Waals surface area contributed by atoms with Gasteiger partial charge in [-0.25, -0.2) is 0 Å². The maximum absolute atomic E-state index is 12.4. The van der Waals surface area contributed by atoms with Gasteiger partial charge in [0.1, 0.15) is 11.5 Å². The number of carbonyl (C=O) groups is 1. The Kier molecular flexibility index (Phi) is 5.54. The third-order valence-corrected chi connectivity index (χ3v) is 4.03. The largest absolute Gasteiger partial charge is 0.496 e. The van der Waals surface area contributed by atoms with Crippen LogP contribution in [0.3, 0.4) is 0 Å². The van der Waals surface area contributed by atoms with Crippen molar-refractivity contribution in [3.05, 3.63) is 84.4 Å². The lowest BCUT2D eigenvalue weighted by Crippen LogP contribution is -2.28. The SMILES string of the molecule is CC(=O)N(Cc1ccccc1O[11CH3])c1ccccc1Oc1ccccc1. The van der Waals surface area contributed by atoms with Gasteiger partial charge in [0.15, 0.2) is 5.75 Å². The fourth-order valence-electron chi connectivity index (χ4n) is 2.75. The van der Waals surface area contributed by atoms with Crippen molar-refractivity contribution >= 4 is 11.6 Å². The number of anilines is 1. The van der Waals surface area contributed by atoms with Crippen LogP contribution in [0.1, 0.15) is 12.5 Å². The minimum atomic E-state index is -0.0694. The highest BCUT2D eigenvalue weighted by Gasteiger charge is 2.18. The van der Waals surface area contributed by atoms with Crippen LogP contribution >= 0.6 is 0 Å². The van der Waals surface area contributed by atoms with Gasteiger partial charge < -0.3 is 14.4 Å². The number of amides is 1. The minimum Gasteiger partial charge on any atom is -0.496 e. The Bertz CT molecular complexity index is 877. The third kappa shape index (κ3) is 4.03. The lowest BCUT2D eigenvalue weighted by molar-refractivity contribution is -0.116. The molecule has 132 valence electrons. The monoisotopic (exact) mass is 346 g/mol. The Morgan fingerprint density at radius 1 is 0.846 bits per heavy atom. The minimum absolute atomic E-state index is 0.0694. The van der Waals surface area contributed by atoms with Crippen LogP contribution in [-0.2, 0) is 11.3 Å². The van der Waals surface area contributed by atoms with Gasteiger partial charge in [-0.2, -0.15) is 0 Å². The third-order valence-electron chi connectivity index (χ3n) is 4.03. The number of hydrogen-bond donors (Lipinski definition) is 0. The van der Waals surface area contributed by atoms with Gasteiger partial charge in [-0.1, -0.05) is 48.5 Å². The van der Waals surface area contributed by atoms with Crippen LogP contribution in [0.4, 0.5) is 5.69 Å². The summed E-state index contributed by atoms with van der Waals surface area (Å²) in [6.45, 7) is 1.95. The van der Waals surface area contributed by atoms with Crippen molar-refractivity contribution in [3.63, 3.8) is 0 Å². The Hall–Kier alpha value is -3.27. The van der Waals surface area contributed by atoms with Crippen LogP contribution in [0.2, 0.25) is 0 Å². The molecule has 3 aromatic carbocycles. The number of ether oxygens (including phenoxy) is 2. The number of para-hydroxylation sites is 4. The van der Waals surface area contributed by atoms with E-state index in [1.165, 1.54) is 0 Å². The van der Waals surface area contributed by atoms with Gasteiger partial charge in [-0.05, 0) is 30.3 Å². The Labute approximate surface area is 153 Å². The normalized spacial score (nSPS) is 10.2. The van der Waals surface area contributed by atoms with E-state index in [9.17, 15) is 4.79 Å². The van der Waals surface area contributed by atoms with E-state index < -0.39 is 0 Å². The Morgan fingerprint density at radius 2 is 1.46 bits per heavy atom. The molecule has 3 rings (SSSR count). The second kappa shape index (κ2) is 8.21. The first kappa shape index (κ1) is 17.5. The molecule has 0 atom stereocenters. The molecule has 4 nitrogen and oxygen atoms in total. The van der Waals surface area contributed by atoms with Crippen LogP contribution in [0, 0.1) is 0 Å².